The minimum Gasteiger partial charge on any atom is -0.504 e. The fraction of sp³-hybridized carbons (Fsp3) is 0.200. The van der Waals surface area contributed by atoms with Crippen molar-refractivity contribution in [2.45, 2.75) is 19.8 Å². The fourth-order valence-corrected chi connectivity index (χ4v) is 3.59. The first-order valence-electron chi connectivity index (χ1n) is 8.31. The summed E-state index contributed by atoms with van der Waals surface area (Å²) in [6.07, 6.45) is 2.31. The van der Waals surface area contributed by atoms with Crippen molar-refractivity contribution in [2.75, 3.05) is 6.61 Å². The second-order valence-corrected chi connectivity index (χ2v) is 6.74. The van der Waals surface area contributed by atoms with Crippen LogP contribution in [0.2, 0.25) is 0 Å². The summed E-state index contributed by atoms with van der Waals surface area (Å²) in [4.78, 5) is 15.7. The number of fused-ring (bicyclic) bond motifs is 1. The molecule has 2 N–H and O–H groups in total. The topological polar surface area (TPSA) is 79.7 Å². The van der Waals surface area contributed by atoms with Crippen LogP contribution in [0.3, 0.4) is 0 Å². The van der Waals surface area contributed by atoms with Crippen molar-refractivity contribution in [3.05, 3.63) is 53.0 Å². The highest BCUT2D eigenvalue weighted by Gasteiger charge is 2.12. The van der Waals surface area contributed by atoms with E-state index in [0.29, 0.717) is 18.8 Å². The molecule has 26 heavy (non-hydrogen) atoms. The number of ether oxygens (including phenoxy) is 1. The smallest absolute Gasteiger partial charge is 0.303 e. The van der Waals surface area contributed by atoms with E-state index < -0.39 is 5.97 Å². The number of aliphatic carboxylic acids is 1. The number of para-hydroxylation sites is 1. The molecule has 1 heterocycles. The van der Waals surface area contributed by atoms with Gasteiger partial charge in [0.05, 0.1) is 16.8 Å². The van der Waals surface area contributed by atoms with Gasteiger partial charge in [-0.3, -0.25) is 4.79 Å². The van der Waals surface area contributed by atoms with Crippen molar-refractivity contribution in [1.29, 1.82) is 0 Å². The number of aromatic nitrogens is 1. The van der Waals surface area contributed by atoms with Gasteiger partial charge in [-0.1, -0.05) is 18.2 Å². The van der Waals surface area contributed by atoms with Crippen LogP contribution in [0.4, 0.5) is 0 Å². The highest BCUT2D eigenvalue weighted by molar-refractivity contribution is 7.19. The normalized spacial score (nSPS) is 11.7. The Morgan fingerprint density at radius 2 is 2.04 bits per heavy atom. The summed E-state index contributed by atoms with van der Waals surface area (Å²) in [6.45, 7) is 2.30. The largest absolute Gasteiger partial charge is 0.504 e. The van der Waals surface area contributed by atoms with E-state index in [9.17, 15) is 9.90 Å². The van der Waals surface area contributed by atoms with Crippen molar-refractivity contribution in [3.8, 4) is 11.5 Å². The highest BCUT2D eigenvalue weighted by atomic mass is 32.1. The number of phenols is 1. The Kier molecular flexibility index (Phi) is 5.53. The van der Waals surface area contributed by atoms with E-state index in [1.54, 1.807) is 29.5 Å². The van der Waals surface area contributed by atoms with Crippen molar-refractivity contribution in [3.63, 3.8) is 0 Å². The average Bonchev–Trinajstić information content (AvgIpc) is 3.05. The number of benzene rings is 2. The molecule has 0 amide bonds. The number of carboxylic acids is 1. The van der Waals surface area contributed by atoms with Crippen LogP contribution < -0.4 is 4.74 Å². The van der Waals surface area contributed by atoms with Gasteiger partial charge in [-0.05, 0) is 54.8 Å². The number of phenolic OH excluding ortho intramolecular Hbond substituents is 1. The predicted molar refractivity (Wildman–Crippen MR) is 104 cm³/mol. The minimum absolute atomic E-state index is 0.0260. The molecule has 0 unspecified atom stereocenters. The van der Waals surface area contributed by atoms with Crippen molar-refractivity contribution in [2.24, 2.45) is 0 Å². The Morgan fingerprint density at radius 1 is 1.23 bits per heavy atom. The van der Waals surface area contributed by atoms with Crippen molar-refractivity contribution in [1.82, 2.24) is 4.98 Å². The van der Waals surface area contributed by atoms with Crippen LogP contribution in [-0.4, -0.2) is 27.8 Å². The zero-order valence-corrected chi connectivity index (χ0v) is 15.1. The van der Waals surface area contributed by atoms with E-state index in [0.717, 1.165) is 26.4 Å². The maximum atomic E-state index is 11.0. The Morgan fingerprint density at radius 3 is 2.77 bits per heavy atom. The van der Waals surface area contributed by atoms with Crippen LogP contribution in [0.15, 0.2) is 42.5 Å². The third kappa shape index (κ3) is 4.21. The van der Waals surface area contributed by atoms with E-state index in [2.05, 4.69) is 4.98 Å². The van der Waals surface area contributed by atoms with Gasteiger partial charge in [-0.2, -0.15) is 0 Å². The number of hydrogen-bond acceptors (Lipinski definition) is 5. The lowest BCUT2D eigenvalue weighted by molar-refractivity contribution is -0.136. The van der Waals surface area contributed by atoms with Crippen molar-refractivity contribution >= 4 is 39.2 Å². The molecule has 5 nitrogen and oxygen atoms in total. The Bertz CT molecular complexity index is 928. The quantitative estimate of drug-likeness (QED) is 0.625. The molecule has 0 bridgehead atoms. The van der Waals surface area contributed by atoms with Crippen LogP contribution >= 0.6 is 11.3 Å². The Balaban J connectivity index is 2.01. The molecule has 2 aromatic carbocycles. The molecule has 3 aromatic rings. The van der Waals surface area contributed by atoms with Gasteiger partial charge in [0, 0.05) is 6.42 Å². The van der Waals surface area contributed by atoms with E-state index in [4.69, 9.17) is 9.84 Å². The maximum absolute atomic E-state index is 11.0. The minimum atomic E-state index is -0.849. The number of allylic oxidation sites excluding steroid dienone is 1. The number of hydrogen-bond donors (Lipinski definition) is 2. The number of nitrogens with zero attached hydrogens (tertiary/aromatic N) is 1. The average molecular weight is 369 g/mol. The summed E-state index contributed by atoms with van der Waals surface area (Å²) >= 11 is 1.54. The van der Waals surface area contributed by atoms with Gasteiger partial charge in [0.2, 0.25) is 0 Å². The second-order valence-electron chi connectivity index (χ2n) is 5.71. The van der Waals surface area contributed by atoms with Gasteiger partial charge in [0.15, 0.2) is 11.5 Å². The monoisotopic (exact) mass is 369 g/mol. The van der Waals surface area contributed by atoms with Crippen LogP contribution in [0, 0.1) is 0 Å². The lowest BCUT2D eigenvalue weighted by atomic mass is 10.1. The summed E-state index contributed by atoms with van der Waals surface area (Å²) in [7, 11) is 0. The van der Waals surface area contributed by atoms with Gasteiger partial charge in [0.25, 0.3) is 0 Å². The SMILES string of the molecule is CCOc1cc(/C=C(\CCC(=O)O)c2nc3ccccc3s2)ccc1O. The molecule has 0 radical (unpaired) electrons. The molecule has 0 aliphatic heterocycles. The maximum Gasteiger partial charge on any atom is 0.303 e. The lowest BCUT2D eigenvalue weighted by Gasteiger charge is -2.08. The molecule has 0 spiro atoms. The van der Waals surface area contributed by atoms with Gasteiger partial charge >= 0.3 is 5.97 Å². The molecule has 0 aliphatic rings. The summed E-state index contributed by atoms with van der Waals surface area (Å²) in [5.74, 6) is -0.364. The lowest BCUT2D eigenvalue weighted by Crippen LogP contribution is -1.96. The first-order chi connectivity index (χ1) is 12.6. The molecule has 0 fully saturated rings. The summed E-state index contributed by atoms with van der Waals surface area (Å²) < 4.78 is 6.48. The van der Waals surface area contributed by atoms with Gasteiger partial charge < -0.3 is 14.9 Å². The van der Waals surface area contributed by atoms with E-state index in [1.807, 2.05) is 37.3 Å². The number of thiazole rings is 1. The summed E-state index contributed by atoms with van der Waals surface area (Å²) in [5.41, 5.74) is 2.57. The van der Waals surface area contributed by atoms with Crippen molar-refractivity contribution < 1.29 is 19.7 Å². The zero-order chi connectivity index (χ0) is 18.5. The molecule has 0 aliphatic carbocycles. The molecule has 3 rings (SSSR count). The number of carboxylic acid groups (broad SMARTS) is 1. The molecule has 6 heteroatoms. The van der Waals surface area contributed by atoms with Gasteiger partial charge in [-0.15, -0.1) is 11.3 Å². The first kappa shape index (κ1) is 17.9. The molecular formula is C20H19NO4S. The predicted octanol–water partition coefficient (Wildman–Crippen LogP) is 4.81. The van der Waals surface area contributed by atoms with E-state index in [1.165, 1.54) is 0 Å². The first-order valence-corrected chi connectivity index (χ1v) is 9.12. The second kappa shape index (κ2) is 8.01. The Hall–Kier alpha value is -2.86. The number of carbonyl (C=O) groups is 1. The molecule has 0 atom stereocenters. The van der Waals surface area contributed by atoms with Crippen LogP contribution in [-0.2, 0) is 4.79 Å². The standard InChI is InChI=1S/C20H19NO4S/c1-2-25-17-12-13(7-9-16(17)22)11-14(8-10-19(23)24)20-21-15-5-3-4-6-18(15)26-20/h3-7,9,11-12,22H,2,8,10H2,1H3,(H,23,24)/b14-11+. The zero-order valence-electron chi connectivity index (χ0n) is 14.3. The summed E-state index contributed by atoms with van der Waals surface area (Å²) in [6, 6.07) is 12.9. The number of aromatic hydroxyl groups is 1. The van der Waals surface area contributed by atoms with Gasteiger partial charge in [-0.25, -0.2) is 4.98 Å². The van der Waals surface area contributed by atoms with Crippen LogP contribution in [0.5, 0.6) is 11.5 Å². The molecule has 1 aromatic heterocycles. The van der Waals surface area contributed by atoms with Gasteiger partial charge in [0.1, 0.15) is 5.01 Å². The van der Waals surface area contributed by atoms with Crippen LogP contribution in [0.25, 0.3) is 21.9 Å². The molecule has 0 saturated heterocycles. The molecular weight excluding hydrogens is 350 g/mol. The fourth-order valence-electron chi connectivity index (χ4n) is 2.58. The van der Waals surface area contributed by atoms with Crippen LogP contribution in [0.1, 0.15) is 30.3 Å². The molecule has 134 valence electrons. The van der Waals surface area contributed by atoms with E-state index >= 15 is 0 Å². The third-order valence-electron chi connectivity index (χ3n) is 3.80. The summed E-state index contributed by atoms with van der Waals surface area (Å²) in [5, 5.41) is 19.7. The highest BCUT2D eigenvalue weighted by Crippen LogP contribution is 2.33. The van der Waals surface area contributed by atoms with E-state index in [-0.39, 0.29) is 12.2 Å². The third-order valence-corrected chi connectivity index (χ3v) is 4.91. The number of rotatable bonds is 7. The Labute approximate surface area is 155 Å². The molecule has 0 saturated carbocycles.